The SMILES string of the molecule is NCC1(CC(=O)NCC(O)C(=O)O)CCC1. The van der Waals surface area contributed by atoms with Gasteiger partial charge in [0.1, 0.15) is 0 Å². The van der Waals surface area contributed by atoms with Gasteiger partial charge < -0.3 is 21.3 Å². The summed E-state index contributed by atoms with van der Waals surface area (Å²) in [5.74, 6) is -1.58. The number of carboxylic acid groups (broad SMARTS) is 1. The first-order valence-corrected chi connectivity index (χ1v) is 5.37. The maximum Gasteiger partial charge on any atom is 0.334 e. The molecule has 1 unspecified atom stereocenters. The molecule has 0 bridgehead atoms. The van der Waals surface area contributed by atoms with Gasteiger partial charge in [0.05, 0.1) is 6.54 Å². The Morgan fingerprint density at radius 3 is 2.44 bits per heavy atom. The number of aliphatic hydroxyl groups excluding tert-OH is 1. The summed E-state index contributed by atoms with van der Waals surface area (Å²) in [5, 5.41) is 19.8. The van der Waals surface area contributed by atoms with Crippen molar-refractivity contribution < 1.29 is 19.8 Å². The van der Waals surface area contributed by atoms with Crippen molar-refractivity contribution in [1.29, 1.82) is 0 Å². The number of aliphatic carboxylic acids is 1. The van der Waals surface area contributed by atoms with Crippen LogP contribution in [0.4, 0.5) is 0 Å². The van der Waals surface area contributed by atoms with E-state index >= 15 is 0 Å². The second-order valence-electron chi connectivity index (χ2n) is 4.39. The van der Waals surface area contributed by atoms with Crippen molar-refractivity contribution >= 4 is 11.9 Å². The summed E-state index contributed by atoms with van der Waals surface area (Å²) in [7, 11) is 0. The Morgan fingerprint density at radius 1 is 1.44 bits per heavy atom. The molecule has 1 aliphatic carbocycles. The molecule has 0 heterocycles. The molecule has 1 atom stereocenters. The second kappa shape index (κ2) is 5.27. The quantitative estimate of drug-likeness (QED) is 0.471. The highest BCUT2D eigenvalue weighted by Crippen LogP contribution is 2.42. The minimum absolute atomic E-state index is 0.0989. The van der Waals surface area contributed by atoms with Crippen LogP contribution in [-0.4, -0.2) is 41.3 Å². The van der Waals surface area contributed by atoms with Gasteiger partial charge in [0.2, 0.25) is 5.91 Å². The lowest BCUT2D eigenvalue weighted by Crippen LogP contribution is -2.44. The van der Waals surface area contributed by atoms with Crippen molar-refractivity contribution in [1.82, 2.24) is 5.32 Å². The van der Waals surface area contributed by atoms with Gasteiger partial charge in [-0.1, -0.05) is 6.42 Å². The number of amides is 1. The summed E-state index contributed by atoms with van der Waals surface area (Å²) >= 11 is 0. The number of aliphatic hydroxyl groups is 1. The number of carbonyl (C=O) groups is 2. The van der Waals surface area contributed by atoms with Crippen molar-refractivity contribution in [2.24, 2.45) is 11.1 Å². The average molecular weight is 230 g/mol. The molecule has 6 heteroatoms. The van der Waals surface area contributed by atoms with E-state index < -0.39 is 12.1 Å². The Balaban J connectivity index is 2.28. The van der Waals surface area contributed by atoms with E-state index in [1.54, 1.807) is 0 Å². The van der Waals surface area contributed by atoms with E-state index in [1.807, 2.05) is 0 Å². The van der Waals surface area contributed by atoms with Crippen LogP contribution < -0.4 is 11.1 Å². The van der Waals surface area contributed by atoms with Crippen LogP contribution in [-0.2, 0) is 9.59 Å². The van der Waals surface area contributed by atoms with Crippen LogP contribution in [0.5, 0.6) is 0 Å². The summed E-state index contributed by atoms with van der Waals surface area (Å²) in [6.07, 6.45) is 1.74. The first-order chi connectivity index (χ1) is 7.49. The van der Waals surface area contributed by atoms with Crippen molar-refractivity contribution in [3.05, 3.63) is 0 Å². The van der Waals surface area contributed by atoms with Crippen LogP contribution >= 0.6 is 0 Å². The van der Waals surface area contributed by atoms with Crippen LogP contribution in [0.25, 0.3) is 0 Å². The molecule has 1 saturated carbocycles. The molecule has 0 radical (unpaired) electrons. The molecule has 92 valence electrons. The predicted octanol–water partition coefficient (Wildman–Crippen LogP) is -0.933. The van der Waals surface area contributed by atoms with Gasteiger partial charge in [0, 0.05) is 6.42 Å². The molecule has 0 aromatic carbocycles. The Morgan fingerprint density at radius 2 is 2.06 bits per heavy atom. The third-order valence-corrected chi connectivity index (χ3v) is 3.16. The van der Waals surface area contributed by atoms with Crippen molar-refractivity contribution in [3.63, 3.8) is 0 Å². The highest BCUT2D eigenvalue weighted by atomic mass is 16.4. The summed E-state index contributed by atoms with van der Waals surface area (Å²) in [5.41, 5.74) is 5.50. The van der Waals surface area contributed by atoms with E-state index in [4.69, 9.17) is 15.9 Å². The van der Waals surface area contributed by atoms with E-state index in [-0.39, 0.29) is 17.9 Å². The molecule has 0 spiro atoms. The number of hydrogen-bond donors (Lipinski definition) is 4. The molecule has 6 nitrogen and oxygen atoms in total. The van der Waals surface area contributed by atoms with E-state index in [9.17, 15) is 9.59 Å². The van der Waals surface area contributed by atoms with Gasteiger partial charge in [0.25, 0.3) is 0 Å². The normalized spacial score (nSPS) is 19.6. The molecule has 1 fully saturated rings. The van der Waals surface area contributed by atoms with Gasteiger partial charge in [-0.3, -0.25) is 4.79 Å². The fourth-order valence-corrected chi connectivity index (χ4v) is 1.83. The van der Waals surface area contributed by atoms with Gasteiger partial charge in [0.15, 0.2) is 6.10 Å². The van der Waals surface area contributed by atoms with Crippen molar-refractivity contribution in [2.75, 3.05) is 13.1 Å². The maximum absolute atomic E-state index is 11.5. The third-order valence-electron chi connectivity index (χ3n) is 3.16. The Bertz CT molecular complexity index is 270. The lowest BCUT2D eigenvalue weighted by Gasteiger charge is -2.40. The number of rotatable bonds is 6. The summed E-state index contributed by atoms with van der Waals surface area (Å²) < 4.78 is 0. The second-order valence-corrected chi connectivity index (χ2v) is 4.39. The van der Waals surface area contributed by atoms with Gasteiger partial charge in [-0.15, -0.1) is 0 Å². The fourth-order valence-electron chi connectivity index (χ4n) is 1.83. The van der Waals surface area contributed by atoms with E-state index in [2.05, 4.69) is 5.32 Å². The zero-order chi connectivity index (χ0) is 12.2. The first-order valence-electron chi connectivity index (χ1n) is 5.37. The molecule has 1 rings (SSSR count). The largest absolute Gasteiger partial charge is 0.479 e. The summed E-state index contributed by atoms with van der Waals surface area (Å²) in [6, 6.07) is 0. The molecule has 0 aromatic rings. The molecule has 0 saturated heterocycles. The van der Waals surface area contributed by atoms with Crippen molar-refractivity contribution in [3.8, 4) is 0 Å². The molecular formula is C10H18N2O4. The van der Waals surface area contributed by atoms with Crippen LogP contribution in [0.2, 0.25) is 0 Å². The Labute approximate surface area is 93.8 Å². The molecule has 1 aliphatic rings. The van der Waals surface area contributed by atoms with E-state index in [0.717, 1.165) is 19.3 Å². The first kappa shape index (κ1) is 12.9. The highest BCUT2D eigenvalue weighted by molar-refractivity contribution is 5.78. The molecule has 0 aliphatic heterocycles. The molecular weight excluding hydrogens is 212 g/mol. The number of carboxylic acids is 1. The third kappa shape index (κ3) is 3.18. The van der Waals surface area contributed by atoms with Crippen LogP contribution in [0, 0.1) is 5.41 Å². The van der Waals surface area contributed by atoms with E-state index in [0.29, 0.717) is 13.0 Å². The van der Waals surface area contributed by atoms with Gasteiger partial charge >= 0.3 is 5.97 Å². The van der Waals surface area contributed by atoms with Crippen LogP contribution in [0.1, 0.15) is 25.7 Å². The standard InChI is InChI=1S/C10H18N2O4/c11-6-10(2-1-3-10)4-8(14)12-5-7(13)9(15)16/h7,13H,1-6,11H2,(H,12,14)(H,15,16). The van der Waals surface area contributed by atoms with Crippen LogP contribution in [0.3, 0.4) is 0 Å². The number of nitrogens with one attached hydrogen (secondary N) is 1. The van der Waals surface area contributed by atoms with Crippen LogP contribution in [0.15, 0.2) is 0 Å². The number of hydrogen-bond acceptors (Lipinski definition) is 4. The van der Waals surface area contributed by atoms with E-state index in [1.165, 1.54) is 0 Å². The smallest absolute Gasteiger partial charge is 0.334 e. The van der Waals surface area contributed by atoms with Crippen molar-refractivity contribution in [2.45, 2.75) is 31.8 Å². The van der Waals surface area contributed by atoms with Gasteiger partial charge in [-0.25, -0.2) is 4.79 Å². The monoisotopic (exact) mass is 230 g/mol. The van der Waals surface area contributed by atoms with Gasteiger partial charge in [-0.2, -0.15) is 0 Å². The lowest BCUT2D eigenvalue weighted by molar-refractivity contribution is -0.146. The highest BCUT2D eigenvalue weighted by Gasteiger charge is 2.37. The summed E-state index contributed by atoms with van der Waals surface area (Å²) in [4.78, 5) is 21.8. The fraction of sp³-hybridized carbons (Fsp3) is 0.800. The Kier molecular flexibility index (Phi) is 4.26. The average Bonchev–Trinajstić information content (AvgIpc) is 2.19. The number of nitrogens with two attached hydrogens (primary N) is 1. The minimum atomic E-state index is -1.54. The predicted molar refractivity (Wildman–Crippen MR) is 56.6 cm³/mol. The molecule has 0 aromatic heterocycles. The zero-order valence-corrected chi connectivity index (χ0v) is 9.11. The molecule has 1 amide bonds. The number of carbonyl (C=O) groups excluding carboxylic acids is 1. The topological polar surface area (TPSA) is 113 Å². The van der Waals surface area contributed by atoms with Gasteiger partial charge in [-0.05, 0) is 24.8 Å². The minimum Gasteiger partial charge on any atom is -0.479 e. The Hall–Kier alpha value is -1.14. The molecule has 16 heavy (non-hydrogen) atoms. The maximum atomic E-state index is 11.5. The zero-order valence-electron chi connectivity index (χ0n) is 9.11. The lowest BCUT2D eigenvalue weighted by atomic mass is 9.66. The molecule has 5 N–H and O–H groups in total. The summed E-state index contributed by atoms with van der Waals surface area (Å²) in [6.45, 7) is 0.219.